The maximum Gasteiger partial charge on any atom is 0.267 e. The van der Waals surface area contributed by atoms with Gasteiger partial charge in [-0.1, -0.05) is 31.0 Å². The Bertz CT molecular complexity index is 664. The van der Waals surface area contributed by atoms with Gasteiger partial charge in [0, 0.05) is 18.5 Å². The Kier molecular flexibility index (Phi) is 5.51. The average molecular weight is 288 g/mol. The SMILES string of the molecule is O=C(NCCCCCCO)c1cc2ccccc2c(=O)[nH]1. The molecule has 0 spiro atoms. The molecular weight excluding hydrogens is 268 g/mol. The molecule has 0 fully saturated rings. The number of carbonyl (C=O) groups excluding carboxylic acids is 1. The number of fused-ring (bicyclic) bond motifs is 1. The van der Waals surface area contributed by atoms with Crippen molar-refractivity contribution in [1.29, 1.82) is 0 Å². The van der Waals surface area contributed by atoms with Gasteiger partial charge in [-0.3, -0.25) is 9.59 Å². The lowest BCUT2D eigenvalue weighted by molar-refractivity contribution is 0.0948. The van der Waals surface area contributed by atoms with E-state index in [1.807, 2.05) is 12.1 Å². The number of nitrogens with one attached hydrogen (secondary N) is 2. The normalized spacial score (nSPS) is 10.7. The molecule has 0 aliphatic carbocycles. The molecule has 0 unspecified atom stereocenters. The van der Waals surface area contributed by atoms with E-state index in [1.54, 1.807) is 18.2 Å². The van der Waals surface area contributed by atoms with Crippen LogP contribution in [0.1, 0.15) is 36.2 Å². The summed E-state index contributed by atoms with van der Waals surface area (Å²) in [5, 5.41) is 12.8. The highest BCUT2D eigenvalue weighted by molar-refractivity contribution is 5.96. The van der Waals surface area contributed by atoms with E-state index in [0.29, 0.717) is 11.9 Å². The van der Waals surface area contributed by atoms with Crippen LogP contribution in [0.4, 0.5) is 0 Å². The van der Waals surface area contributed by atoms with Gasteiger partial charge in [-0.05, 0) is 30.4 Å². The number of aliphatic hydroxyl groups is 1. The lowest BCUT2D eigenvalue weighted by atomic mass is 10.1. The zero-order valence-corrected chi connectivity index (χ0v) is 11.9. The number of unbranched alkanes of at least 4 members (excludes halogenated alkanes) is 3. The highest BCUT2D eigenvalue weighted by atomic mass is 16.2. The molecule has 0 aliphatic rings. The fraction of sp³-hybridized carbons (Fsp3) is 0.375. The predicted octanol–water partition coefficient (Wildman–Crippen LogP) is 1.81. The first-order chi connectivity index (χ1) is 10.2. The minimum Gasteiger partial charge on any atom is -0.396 e. The number of carbonyl (C=O) groups is 1. The van der Waals surface area contributed by atoms with E-state index in [4.69, 9.17) is 5.11 Å². The summed E-state index contributed by atoms with van der Waals surface area (Å²) in [4.78, 5) is 26.5. The van der Waals surface area contributed by atoms with E-state index >= 15 is 0 Å². The third-order valence-electron chi connectivity index (χ3n) is 3.37. The first-order valence-electron chi connectivity index (χ1n) is 7.23. The number of aromatic nitrogens is 1. The van der Waals surface area contributed by atoms with Crippen molar-refractivity contribution in [2.45, 2.75) is 25.7 Å². The fourth-order valence-corrected chi connectivity index (χ4v) is 2.22. The molecule has 0 bridgehead atoms. The van der Waals surface area contributed by atoms with Crippen molar-refractivity contribution in [3.63, 3.8) is 0 Å². The summed E-state index contributed by atoms with van der Waals surface area (Å²) in [6, 6.07) is 8.87. The molecule has 1 amide bonds. The Morgan fingerprint density at radius 2 is 1.90 bits per heavy atom. The molecule has 0 saturated heterocycles. The van der Waals surface area contributed by atoms with Crippen molar-refractivity contribution in [3.05, 3.63) is 46.4 Å². The Hall–Kier alpha value is -2.14. The molecule has 2 aromatic rings. The number of hydrogen-bond acceptors (Lipinski definition) is 3. The van der Waals surface area contributed by atoms with Crippen molar-refractivity contribution in [2.24, 2.45) is 0 Å². The van der Waals surface area contributed by atoms with Gasteiger partial charge in [0.2, 0.25) is 0 Å². The second kappa shape index (κ2) is 7.59. The molecule has 1 heterocycles. The van der Waals surface area contributed by atoms with Crippen LogP contribution in [0.2, 0.25) is 0 Å². The molecule has 21 heavy (non-hydrogen) atoms. The smallest absolute Gasteiger partial charge is 0.267 e. The molecule has 2 rings (SSSR count). The molecule has 3 N–H and O–H groups in total. The third-order valence-corrected chi connectivity index (χ3v) is 3.37. The molecule has 112 valence electrons. The van der Waals surface area contributed by atoms with Gasteiger partial charge in [-0.25, -0.2) is 0 Å². The number of hydrogen-bond donors (Lipinski definition) is 3. The summed E-state index contributed by atoms with van der Waals surface area (Å²) in [6.45, 7) is 0.782. The van der Waals surface area contributed by atoms with E-state index in [-0.39, 0.29) is 23.8 Å². The van der Waals surface area contributed by atoms with Gasteiger partial charge in [0.25, 0.3) is 11.5 Å². The van der Waals surface area contributed by atoms with Crippen molar-refractivity contribution in [1.82, 2.24) is 10.3 Å². The van der Waals surface area contributed by atoms with Crippen LogP contribution in [0.3, 0.4) is 0 Å². The molecule has 0 saturated carbocycles. The highest BCUT2D eigenvalue weighted by Gasteiger charge is 2.08. The Morgan fingerprint density at radius 1 is 1.14 bits per heavy atom. The van der Waals surface area contributed by atoms with Crippen molar-refractivity contribution < 1.29 is 9.90 Å². The standard InChI is InChI=1S/C16H20N2O3/c19-10-6-2-1-5-9-17-16(21)14-11-12-7-3-4-8-13(12)15(20)18-14/h3-4,7-8,11,19H,1-2,5-6,9-10H2,(H,17,21)(H,18,20). The van der Waals surface area contributed by atoms with Gasteiger partial charge in [-0.15, -0.1) is 0 Å². The third kappa shape index (κ3) is 4.16. The van der Waals surface area contributed by atoms with E-state index in [0.717, 1.165) is 31.1 Å². The second-order valence-corrected chi connectivity index (χ2v) is 4.99. The van der Waals surface area contributed by atoms with Gasteiger partial charge < -0.3 is 15.4 Å². The first kappa shape index (κ1) is 15.3. The molecule has 1 aromatic carbocycles. The first-order valence-corrected chi connectivity index (χ1v) is 7.23. The molecule has 0 aliphatic heterocycles. The monoisotopic (exact) mass is 288 g/mol. The van der Waals surface area contributed by atoms with Crippen molar-refractivity contribution >= 4 is 16.7 Å². The summed E-state index contributed by atoms with van der Waals surface area (Å²) in [6.07, 6.45) is 3.59. The number of rotatable bonds is 7. The van der Waals surface area contributed by atoms with Crippen molar-refractivity contribution in [3.8, 4) is 0 Å². The van der Waals surface area contributed by atoms with Crippen molar-refractivity contribution in [2.75, 3.05) is 13.2 Å². The largest absolute Gasteiger partial charge is 0.396 e. The number of aromatic amines is 1. The van der Waals surface area contributed by atoms with Crippen LogP contribution in [0, 0.1) is 0 Å². The van der Waals surface area contributed by atoms with Gasteiger partial charge in [0.15, 0.2) is 0 Å². The maximum atomic E-state index is 12.0. The second-order valence-electron chi connectivity index (χ2n) is 4.99. The fourth-order valence-electron chi connectivity index (χ4n) is 2.22. The molecule has 5 nitrogen and oxygen atoms in total. The average Bonchev–Trinajstić information content (AvgIpc) is 2.50. The number of H-pyrrole nitrogens is 1. The van der Waals surface area contributed by atoms with E-state index in [1.165, 1.54) is 0 Å². The molecule has 5 heteroatoms. The minimum atomic E-state index is -0.264. The predicted molar refractivity (Wildman–Crippen MR) is 82.5 cm³/mol. The van der Waals surface area contributed by atoms with Crippen LogP contribution < -0.4 is 10.9 Å². The van der Waals surface area contributed by atoms with Crippen LogP contribution in [-0.2, 0) is 0 Å². The summed E-state index contributed by atoms with van der Waals surface area (Å²) in [5.74, 6) is -0.264. The summed E-state index contributed by atoms with van der Waals surface area (Å²) in [7, 11) is 0. The number of benzene rings is 1. The summed E-state index contributed by atoms with van der Waals surface area (Å²) in [5.41, 5.74) is 0.0373. The van der Waals surface area contributed by atoms with Crippen LogP contribution in [0.5, 0.6) is 0 Å². The van der Waals surface area contributed by atoms with Crippen LogP contribution in [0.15, 0.2) is 35.1 Å². The molecule has 0 radical (unpaired) electrons. The Balaban J connectivity index is 1.95. The number of pyridine rings is 1. The quantitative estimate of drug-likeness (QED) is 0.680. The summed E-state index contributed by atoms with van der Waals surface area (Å²) >= 11 is 0. The van der Waals surface area contributed by atoms with Crippen LogP contribution in [0.25, 0.3) is 10.8 Å². The summed E-state index contributed by atoms with van der Waals surface area (Å²) < 4.78 is 0. The van der Waals surface area contributed by atoms with Crippen LogP contribution in [-0.4, -0.2) is 29.1 Å². The zero-order chi connectivity index (χ0) is 15.1. The lowest BCUT2D eigenvalue weighted by Crippen LogP contribution is -2.27. The van der Waals surface area contributed by atoms with Gasteiger partial charge in [-0.2, -0.15) is 0 Å². The van der Waals surface area contributed by atoms with Gasteiger partial charge >= 0.3 is 0 Å². The highest BCUT2D eigenvalue weighted by Crippen LogP contribution is 2.09. The molecular formula is C16H20N2O3. The lowest BCUT2D eigenvalue weighted by Gasteiger charge is -2.06. The van der Waals surface area contributed by atoms with Gasteiger partial charge in [0.05, 0.1) is 0 Å². The van der Waals surface area contributed by atoms with E-state index in [2.05, 4.69) is 10.3 Å². The molecule has 1 aromatic heterocycles. The number of amides is 1. The maximum absolute atomic E-state index is 12.0. The topological polar surface area (TPSA) is 82.2 Å². The molecule has 0 atom stereocenters. The zero-order valence-electron chi connectivity index (χ0n) is 11.9. The van der Waals surface area contributed by atoms with Crippen LogP contribution >= 0.6 is 0 Å². The van der Waals surface area contributed by atoms with E-state index < -0.39 is 0 Å². The van der Waals surface area contributed by atoms with Gasteiger partial charge in [0.1, 0.15) is 5.69 Å². The number of aliphatic hydroxyl groups excluding tert-OH is 1. The Morgan fingerprint density at radius 3 is 2.71 bits per heavy atom. The van der Waals surface area contributed by atoms with E-state index in [9.17, 15) is 9.59 Å². The Labute approximate surface area is 123 Å². The minimum absolute atomic E-state index is 0.213.